The lowest BCUT2D eigenvalue weighted by Gasteiger charge is -2.34. The van der Waals surface area contributed by atoms with Crippen molar-refractivity contribution in [3.63, 3.8) is 0 Å². The van der Waals surface area contributed by atoms with E-state index in [4.69, 9.17) is 9.47 Å². The number of amides is 1. The summed E-state index contributed by atoms with van der Waals surface area (Å²) in [5, 5.41) is 0. The Morgan fingerprint density at radius 1 is 1.21 bits per heavy atom. The Bertz CT molecular complexity index is 948. The van der Waals surface area contributed by atoms with Crippen molar-refractivity contribution in [1.82, 2.24) is 9.62 Å². The Labute approximate surface area is 179 Å². The zero-order valence-corrected chi connectivity index (χ0v) is 18.6. The highest BCUT2D eigenvalue weighted by atomic mass is 79.9. The van der Waals surface area contributed by atoms with Crippen molar-refractivity contribution in [2.45, 2.75) is 24.0 Å². The molecule has 1 saturated heterocycles. The predicted molar refractivity (Wildman–Crippen MR) is 112 cm³/mol. The van der Waals surface area contributed by atoms with Gasteiger partial charge >= 0.3 is 0 Å². The number of hydrogen-bond donors (Lipinski definition) is 1. The van der Waals surface area contributed by atoms with Gasteiger partial charge in [-0.05, 0) is 48.9 Å². The molecule has 7 nitrogen and oxygen atoms in total. The first-order valence-corrected chi connectivity index (χ1v) is 11.4. The average Bonchev–Trinajstić information content (AvgIpc) is 2.73. The second kappa shape index (κ2) is 9.25. The van der Waals surface area contributed by atoms with Crippen LogP contribution in [0.15, 0.2) is 57.9 Å². The summed E-state index contributed by atoms with van der Waals surface area (Å²) in [7, 11) is -2.32. The molecule has 29 heavy (non-hydrogen) atoms. The smallest absolute Gasteiger partial charge is 0.241 e. The Balaban J connectivity index is 1.66. The third kappa shape index (κ3) is 5.36. The summed E-state index contributed by atoms with van der Waals surface area (Å²) >= 11 is 3.40. The van der Waals surface area contributed by atoms with E-state index in [1.165, 1.54) is 19.2 Å². The first kappa shape index (κ1) is 21.8. The van der Waals surface area contributed by atoms with Gasteiger partial charge in [0.05, 0.1) is 31.2 Å². The van der Waals surface area contributed by atoms with Gasteiger partial charge < -0.3 is 14.4 Å². The number of methoxy groups -OCH3 is 1. The Kier molecular flexibility index (Phi) is 6.94. The first-order valence-electron chi connectivity index (χ1n) is 9.12. The highest BCUT2D eigenvalue weighted by Gasteiger charge is 2.30. The van der Waals surface area contributed by atoms with Gasteiger partial charge in [0.25, 0.3) is 0 Å². The molecule has 1 heterocycles. The second-order valence-electron chi connectivity index (χ2n) is 6.71. The Hall–Kier alpha value is -1.94. The second-order valence-corrected chi connectivity index (χ2v) is 9.34. The lowest BCUT2D eigenvalue weighted by molar-refractivity contribution is -0.140. The van der Waals surface area contributed by atoms with Crippen LogP contribution in [0.1, 0.15) is 18.6 Å². The third-order valence-corrected chi connectivity index (χ3v) is 6.78. The van der Waals surface area contributed by atoms with Gasteiger partial charge in [0, 0.05) is 11.0 Å². The minimum Gasteiger partial charge on any atom is -0.497 e. The molecule has 1 aliphatic rings. The van der Waals surface area contributed by atoms with Gasteiger partial charge in [0.2, 0.25) is 15.9 Å². The summed E-state index contributed by atoms with van der Waals surface area (Å²) in [5.41, 5.74) is 0.970. The number of nitrogens with one attached hydrogen (secondary N) is 1. The van der Waals surface area contributed by atoms with Gasteiger partial charge in [-0.3, -0.25) is 4.79 Å². The van der Waals surface area contributed by atoms with E-state index in [2.05, 4.69) is 20.7 Å². The summed E-state index contributed by atoms with van der Waals surface area (Å²) in [4.78, 5) is 14.6. The summed E-state index contributed by atoms with van der Waals surface area (Å²) in [6, 6.07) is 12.8. The zero-order valence-electron chi connectivity index (χ0n) is 16.2. The molecule has 1 N–H and O–H groups in total. The fourth-order valence-corrected chi connectivity index (χ4v) is 4.57. The van der Waals surface area contributed by atoms with Crippen LogP contribution in [0.4, 0.5) is 0 Å². The Morgan fingerprint density at radius 3 is 2.48 bits per heavy atom. The van der Waals surface area contributed by atoms with E-state index in [0.717, 1.165) is 10.0 Å². The van der Waals surface area contributed by atoms with Crippen LogP contribution in [-0.4, -0.2) is 52.1 Å². The molecule has 2 aromatic rings. The van der Waals surface area contributed by atoms with Crippen LogP contribution in [0, 0.1) is 0 Å². The van der Waals surface area contributed by atoms with Crippen molar-refractivity contribution in [2.75, 3.05) is 26.8 Å². The summed E-state index contributed by atoms with van der Waals surface area (Å²) in [6.45, 7) is 2.73. The van der Waals surface area contributed by atoms with E-state index in [9.17, 15) is 13.2 Å². The number of halogens is 1. The molecule has 2 atom stereocenters. The van der Waals surface area contributed by atoms with Gasteiger partial charge in [0.1, 0.15) is 11.9 Å². The summed E-state index contributed by atoms with van der Waals surface area (Å²) < 4.78 is 39.5. The van der Waals surface area contributed by atoms with Crippen LogP contribution in [0.25, 0.3) is 0 Å². The molecular formula is C20H23BrN2O5S. The van der Waals surface area contributed by atoms with Gasteiger partial charge in [-0.2, -0.15) is 4.72 Å². The van der Waals surface area contributed by atoms with Crippen molar-refractivity contribution in [1.29, 1.82) is 0 Å². The number of sulfonamides is 1. The molecule has 0 aliphatic carbocycles. The van der Waals surface area contributed by atoms with Crippen LogP contribution in [0.5, 0.6) is 5.75 Å². The maximum absolute atomic E-state index is 12.9. The predicted octanol–water partition coefficient (Wildman–Crippen LogP) is 2.72. The third-order valence-electron chi connectivity index (χ3n) is 4.69. The largest absolute Gasteiger partial charge is 0.497 e. The maximum atomic E-state index is 12.9. The first-order chi connectivity index (χ1) is 13.8. The van der Waals surface area contributed by atoms with E-state index in [0.29, 0.717) is 25.4 Å². The number of rotatable bonds is 6. The van der Waals surface area contributed by atoms with Crippen LogP contribution in [0.2, 0.25) is 0 Å². The lowest BCUT2D eigenvalue weighted by atomic mass is 10.1. The monoisotopic (exact) mass is 482 g/mol. The maximum Gasteiger partial charge on any atom is 0.241 e. The zero-order chi connectivity index (χ0) is 21.0. The molecule has 9 heteroatoms. The highest BCUT2D eigenvalue weighted by Crippen LogP contribution is 2.24. The van der Waals surface area contributed by atoms with E-state index in [1.54, 1.807) is 24.0 Å². The quantitative estimate of drug-likeness (QED) is 0.683. The molecule has 2 aromatic carbocycles. The molecule has 1 unspecified atom stereocenters. The van der Waals surface area contributed by atoms with E-state index in [1.807, 2.05) is 24.3 Å². The van der Waals surface area contributed by atoms with Gasteiger partial charge in [-0.1, -0.05) is 28.1 Å². The number of carbonyl (C=O) groups is 1. The van der Waals surface area contributed by atoms with Crippen molar-refractivity contribution in [2.24, 2.45) is 0 Å². The molecule has 3 rings (SSSR count). The highest BCUT2D eigenvalue weighted by molar-refractivity contribution is 9.10. The fourth-order valence-electron chi connectivity index (χ4n) is 3.11. The molecular weight excluding hydrogens is 460 g/mol. The van der Waals surface area contributed by atoms with Gasteiger partial charge in [-0.15, -0.1) is 0 Å². The van der Waals surface area contributed by atoms with Crippen molar-refractivity contribution in [3.8, 4) is 5.75 Å². The van der Waals surface area contributed by atoms with E-state index in [-0.39, 0.29) is 16.9 Å². The molecule has 0 bridgehead atoms. The number of morpholine rings is 1. The van der Waals surface area contributed by atoms with E-state index >= 15 is 0 Å². The van der Waals surface area contributed by atoms with Crippen molar-refractivity contribution < 1.29 is 22.7 Å². The lowest BCUT2D eigenvalue weighted by Crippen LogP contribution is -2.51. The van der Waals surface area contributed by atoms with Crippen LogP contribution in [-0.2, 0) is 19.6 Å². The number of carbonyl (C=O) groups excluding carboxylic acids is 1. The number of ether oxygens (including phenoxy) is 2. The average molecular weight is 483 g/mol. The van der Waals surface area contributed by atoms with Gasteiger partial charge in [-0.25, -0.2) is 8.42 Å². The Morgan fingerprint density at radius 2 is 1.86 bits per heavy atom. The molecule has 0 spiro atoms. The summed E-state index contributed by atoms with van der Waals surface area (Å²) in [6.07, 6.45) is -0.244. The fraction of sp³-hybridized carbons (Fsp3) is 0.350. The standard InChI is InChI=1S/C20H23BrN2O5S/c1-14(22-29(25,26)18-9-7-17(27-2)8-10-18)20(24)23-11-12-28-19(13-23)15-3-5-16(21)6-4-15/h3-10,14,19,22H,11-13H2,1-2H3/t14-,19?/m0/s1. The molecule has 0 aromatic heterocycles. The van der Waals surface area contributed by atoms with Crippen LogP contribution >= 0.6 is 15.9 Å². The summed E-state index contributed by atoms with van der Waals surface area (Å²) in [5.74, 6) is 0.271. The van der Waals surface area contributed by atoms with Crippen LogP contribution < -0.4 is 9.46 Å². The molecule has 156 valence electrons. The minimum atomic E-state index is -3.83. The molecule has 0 saturated carbocycles. The van der Waals surface area contributed by atoms with Crippen molar-refractivity contribution >= 4 is 31.9 Å². The normalized spacial score (nSPS) is 18.3. The SMILES string of the molecule is COc1ccc(S(=O)(=O)N[C@@H](C)C(=O)N2CCOC(c3ccc(Br)cc3)C2)cc1. The molecule has 1 aliphatic heterocycles. The van der Waals surface area contributed by atoms with E-state index < -0.39 is 16.1 Å². The number of hydrogen-bond acceptors (Lipinski definition) is 5. The minimum absolute atomic E-state index is 0.0765. The number of nitrogens with zero attached hydrogens (tertiary/aromatic N) is 1. The van der Waals surface area contributed by atoms with Gasteiger partial charge in [0.15, 0.2) is 0 Å². The molecule has 1 amide bonds. The number of benzene rings is 2. The molecule has 0 radical (unpaired) electrons. The van der Waals surface area contributed by atoms with Crippen LogP contribution in [0.3, 0.4) is 0 Å². The topological polar surface area (TPSA) is 84.9 Å². The van der Waals surface area contributed by atoms with Crippen molar-refractivity contribution in [3.05, 3.63) is 58.6 Å². The molecule has 1 fully saturated rings.